The number of aromatic nitrogens is 1. The van der Waals surface area contributed by atoms with Crippen molar-refractivity contribution in [2.45, 2.75) is 33.1 Å². The second-order valence-corrected chi connectivity index (χ2v) is 6.00. The summed E-state index contributed by atoms with van der Waals surface area (Å²) in [4.78, 5) is 19.1. The number of nitrogens with zero attached hydrogens (tertiary/aromatic N) is 2. The summed E-state index contributed by atoms with van der Waals surface area (Å²) >= 11 is 0. The molecule has 4 heteroatoms. The van der Waals surface area contributed by atoms with E-state index in [0.29, 0.717) is 5.82 Å². The molecule has 1 aliphatic heterocycles. The summed E-state index contributed by atoms with van der Waals surface area (Å²) in [5.41, 5.74) is 2.12. The highest BCUT2D eigenvalue weighted by atomic mass is 16.2. The first kappa shape index (κ1) is 15.7. The summed E-state index contributed by atoms with van der Waals surface area (Å²) < 4.78 is 0. The molecule has 1 N–H and O–H groups in total. The third kappa shape index (κ3) is 4.97. The van der Waals surface area contributed by atoms with Gasteiger partial charge in [0.05, 0.1) is 5.92 Å². The Bertz CT molecular complexity index is 513. The molecule has 0 spiro atoms. The summed E-state index contributed by atoms with van der Waals surface area (Å²) in [5, 5.41) is 2.94. The SMILES string of the molecule is C=C(C)CCN1CCCC(C(=O)Nc2cccc(C)n2)C1. The largest absolute Gasteiger partial charge is 0.310 e. The first-order valence-electron chi connectivity index (χ1n) is 7.66. The molecule has 1 unspecified atom stereocenters. The first-order valence-corrected chi connectivity index (χ1v) is 7.66. The van der Waals surface area contributed by atoms with E-state index in [2.05, 4.69) is 28.7 Å². The van der Waals surface area contributed by atoms with E-state index in [9.17, 15) is 4.79 Å². The summed E-state index contributed by atoms with van der Waals surface area (Å²) in [6.07, 6.45) is 3.05. The van der Waals surface area contributed by atoms with Gasteiger partial charge in [0.2, 0.25) is 5.91 Å². The summed E-state index contributed by atoms with van der Waals surface area (Å²) in [7, 11) is 0. The van der Waals surface area contributed by atoms with Gasteiger partial charge in [-0.25, -0.2) is 4.98 Å². The fourth-order valence-corrected chi connectivity index (χ4v) is 2.66. The van der Waals surface area contributed by atoms with Gasteiger partial charge in [0.25, 0.3) is 0 Å². The van der Waals surface area contributed by atoms with Crippen molar-refractivity contribution < 1.29 is 4.79 Å². The maximum atomic E-state index is 12.4. The molecule has 1 aromatic heterocycles. The lowest BCUT2D eigenvalue weighted by atomic mass is 9.97. The Labute approximate surface area is 127 Å². The van der Waals surface area contributed by atoms with Gasteiger partial charge < -0.3 is 10.2 Å². The van der Waals surface area contributed by atoms with Gasteiger partial charge in [0, 0.05) is 18.8 Å². The van der Waals surface area contributed by atoms with Crippen LogP contribution >= 0.6 is 0 Å². The number of pyridine rings is 1. The Kier molecular flexibility index (Phi) is 5.51. The number of aryl methyl sites for hydroxylation is 1. The third-order valence-corrected chi connectivity index (χ3v) is 3.87. The zero-order valence-corrected chi connectivity index (χ0v) is 13.1. The normalized spacial score (nSPS) is 19.2. The smallest absolute Gasteiger partial charge is 0.229 e. The van der Waals surface area contributed by atoms with Crippen molar-refractivity contribution in [2.75, 3.05) is 25.0 Å². The number of carbonyl (C=O) groups excluding carboxylic acids is 1. The Morgan fingerprint density at radius 2 is 2.33 bits per heavy atom. The molecule has 1 fully saturated rings. The van der Waals surface area contributed by atoms with Crippen molar-refractivity contribution in [1.82, 2.24) is 9.88 Å². The van der Waals surface area contributed by atoms with Crippen LogP contribution in [-0.2, 0) is 4.79 Å². The molecule has 0 aromatic carbocycles. The second kappa shape index (κ2) is 7.36. The van der Waals surface area contributed by atoms with E-state index >= 15 is 0 Å². The molecular weight excluding hydrogens is 262 g/mol. The molecule has 1 amide bonds. The van der Waals surface area contributed by atoms with Crippen LogP contribution in [0.2, 0.25) is 0 Å². The minimum Gasteiger partial charge on any atom is -0.310 e. The van der Waals surface area contributed by atoms with Gasteiger partial charge in [-0.1, -0.05) is 11.6 Å². The molecule has 1 aromatic rings. The second-order valence-electron chi connectivity index (χ2n) is 6.00. The fraction of sp³-hybridized carbons (Fsp3) is 0.529. The highest BCUT2D eigenvalue weighted by Gasteiger charge is 2.25. The zero-order valence-electron chi connectivity index (χ0n) is 13.1. The molecule has 0 radical (unpaired) electrons. The predicted octanol–water partition coefficient (Wildman–Crippen LogP) is 3.01. The van der Waals surface area contributed by atoms with E-state index in [1.54, 1.807) is 0 Å². The highest BCUT2D eigenvalue weighted by Crippen LogP contribution is 2.19. The van der Waals surface area contributed by atoms with Crippen molar-refractivity contribution in [1.29, 1.82) is 0 Å². The van der Waals surface area contributed by atoms with Crippen molar-refractivity contribution in [3.8, 4) is 0 Å². The van der Waals surface area contributed by atoms with E-state index in [1.165, 1.54) is 5.57 Å². The monoisotopic (exact) mass is 287 g/mol. The Balaban J connectivity index is 1.88. The maximum Gasteiger partial charge on any atom is 0.229 e. The van der Waals surface area contributed by atoms with Crippen molar-refractivity contribution in [2.24, 2.45) is 5.92 Å². The number of hydrogen-bond acceptors (Lipinski definition) is 3. The van der Waals surface area contributed by atoms with Crippen LogP contribution in [0, 0.1) is 12.8 Å². The third-order valence-electron chi connectivity index (χ3n) is 3.87. The van der Waals surface area contributed by atoms with E-state index in [4.69, 9.17) is 0 Å². The van der Waals surface area contributed by atoms with Gasteiger partial charge in [-0.3, -0.25) is 4.79 Å². The van der Waals surface area contributed by atoms with Crippen molar-refractivity contribution in [3.63, 3.8) is 0 Å². The molecule has 4 nitrogen and oxygen atoms in total. The number of piperidine rings is 1. The summed E-state index contributed by atoms with van der Waals surface area (Å²) in [5.74, 6) is 0.804. The number of hydrogen-bond donors (Lipinski definition) is 1. The standard InChI is InChI=1S/C17H25N3O/c1-13(2)9-11-20-10-5-7-15(12-20)17(21)19-16-8-4-6-14(3)18-16/h4,6,8,15H,1,5,7,9-12H2,2-3H3,(H,18,19,21). The van der Waals surface area contributed by atoms with E-state index in [1.807, 2.05) is 25.1 Å². The topological polar surface area (TPSA) is 45.2 Å². The van der Waals surface area contributed by atoms with Gasteiger partial charge >= 0.3 is 0 Å². The first-order chi connectivity index (χ1) is 10.0. The van der Waals surface area contributed by atoms with Crippen LogP contribution in [0.5, 0.6) is 0 Å². The predicted molar refractivity (Wildman–Crippen MR) is 86.2 cm³/mol. The van der Waals surface area contributed by atoms with E-state index in [-0.39, 0.29) is 11.8 Å². The Morgan fingerprint density at radius 3 is 3.05 bits per heavy atom. The Morgan fingerprint density at radius 1 is 1.52 bits per heavy atom. The minimum atomic E-state index is 0.0613. The molecule has 114 valence electrons. The van der Waals surface area contributed by atoms with Crippen molar-refractivity contribution in [3.05, 3.63) is 36.0 Å². The van der Waals surface area contributed by atoms with Gasteiger partial charge in [-0.2, -0.15) is 0 Å². The number of anilines is 1. The fourth-order valence-electron chi connectivity index (χ4n) is 2.66. The molecule has 2 heterocycles. The lowest BCUT2D eigenvalue weighted by Crippen LogP contribution is -2.41. The molecule has 1 atom stereocenters. The molecular formula is C17H25N3O. The van der Waals surface area contributed by atoms with Crippen LogP contribution in [0.4, 0.5) is 5.82 Å². The molecule has 21 heavy (non-hydrogen) atoms. The molecule has 1 aliphatic rings. The summed E-state index contributed by atoms with van der Waals surface area (Å²) in [6.45, 7) is 10.8. The van der Waals surface area contributed by atoms with Gasteiger partial charge in [0.1, 0.15) is 5.82 Å². The van der Waals surface area contributed by atoms with Crippen molar-refractivity contribution >= 4 is 11.7 Å². The Hall–Kier alpha value is -1.68. The maximum absolute atomic E-state index is 12.4. The number of nitrogens with one attached hydrogen (secondary N) is 1. The molecule has 0 aliphatic carbocycles. The molecule has 2 rings (SSSR count). The van der Waals surface area contributed by atoms with Gasteiger partial charge in [-0.15, -0.1) is 6.58 Å². The highest BCUT2D eigenvalue weighted by molar-refractivity contribution is 5.91. The van der Waals surface area contributed by atoms with Crippen LogP contribution in [0.25, 0.3) is 0 Å². The average molecular weight is 287 g/mol. The summed E-state index contributed by atoms with van der Waals surface area (Å²) in [6, 6.07) is 5.68. The minimum absolute atomic E-state index is 0.0613. The lowest BCUT2D eigenvalue weighted by molar-refractivity contribution is -0.121. The molecule has 1 saturated heterocycles. The van der Waals surface area contributed by atoms with Gasteiger partial charge in [-0.05, 0) is 51.8 Å². The lowest BCUT2D eigenvalue weighted by Gasteiger charge is -2.31. The number of rotatable bonds is 5. The zero-order chi connectivity index (χ0) is 15.2. The number of carbonyl (C=O) groups is 1. The van der Waals surface area contributed by atoms with Crippen LogP contribution < -0.4 is 5.32 Å². The number of likely N-dealkylation sites (tertiary alicyclic amines) is 1. The molecule has 0 bridgehead atoms. The van der Waals surface area contributed by atoms with E-state index in [0.717, 1.165) is 44.6 Å². The van der Waals surface area contributed by atoms with Crippen LogP contribution in [0.1, 0.15) is 31.9 Å². The van der Waals surface area contributed by atoms with Crippen LogP contribution in [0.15, 0.2) is 30.4 Å². The van der Waals surface area contributed by atoms with Crippen LogP contribution in [0.3, 0.4) is 0 Å². The van der Waals surface area contributed by atoms with Gasteiger partial charge in [0.15, 0.2) is 0 Å². The van der Waals surface area contributed by atoms with Crippen LogP contribution in [-0.4, -0.2) is 35.4 Å². The average Bonchev–Trinajstić information content (AvgIpc) is 2.45. The van der Waals surface area contributed by atoms with E-state index < -0.39 is 0 Å². The number of amides is 1. The quantitative estimate of drug-likeness (QED) is 0.847. The molecule has 0 saturated carbocycles.